The van der Waals surface area contributed by atoms with E-state index >= 15 is 0 Å². The standard InChI is InChI=1S/C15H19N3O3/c1-16-13-7-6-11(18(20)21)8-12(13)15(19)17-14(9-2-3-9)10-4-5-10/h6-10,14,16H,2-5H2,1H3,(H,17,19). The molecule has 1 aromatic carbocycles. The van der Waals surface area contributed by atoms with Gasteiger partial charge in [-0.25, -0.2) is 0 Å². The zero-order valence-corrected chi connectivity index (χ0v) is 12.0. The molecule has 1 aromatic rings. The highest BCUT2D eigenvalue weighted by molar-refractivity contribution is 6.00. The minimum absolute atomic E-state index is 0.0615. The number of nitrogens with one attached hydrogen (secondary N) is 2. The summed E-state index contributed by atoms with van der Waals surface area (Å²) in [6.45, 7) is 0. The van der Waals surface area contributed by atoms with Gasteiger partial charge in [0.1, 0.15) is 0 Å². The van der Waals surface area contributed by atoms with Crippen molar-refractivity contribution in [2.24, 2.45) is 11.8 Å². The van der Waals surface area contributed by atoms with Crippen LogP contribution in [0.3, 0.4) is 0 Å². The number of hydrogen-bond acceptors (Lipinski definition) is 4. The van der Waals surface area contributed by atoms with Gasteiger partial charge in [-0.05, 0) is 43.6 Å². The van der Waals surface area contributed by atoms with Gasteiger partial charge in [0, 0.05) is 30.9 Å². The van der Waals surface area contributed by atoms with Crippen LogP contribution in [0.4, 0.5) is 11.4 Å². The van der Waals surface area contributed by atoms with Crippen LogP contribution < -0.4 is 10.6 Å². The molecule has 0 radical (unpaired) electrons. The van der Waals surface area contributed by atoms with Crippen molar-refractivity contribution in [3.05, 3.63) is 33.9 Å². The summed E-state index contributed by atoms with van der Waals surface area (Å²) in [5.74, 6) is 0.975. The molecule has 2 aliphatic rings. The van der Waals surface area contributed by atoms with Gasteiger partial charge < -0.3 is 10.6 Å². The van der Waals surface area contributed by atoms with Gasteiger partial charge in [0.15, 0.2) is 0 Å². The lowest BCUT2D eigenvalue weighted by atomic mass is 10.1. The van der Waals surface area contributed by atoms with Crippen molar-refractivity contribution < 1.29 is 9.72 Å². The van der Waals surface area contributed by atoms with E-state index in [1.54, 1.807) is 13.1 Å². The van der Waals surface area contributed by atoms with E-state index in [2.05, 4.69) is 10.6 Å². The van der Waals surface area contributed by atoms with Crippen LogP contribution in [0.25, 0.3) is 0 Å². The number of anilines is 1. The van der Waals surface area contributed by atoms with Gasteiger partial charge in [-0.15, -0.1) is 0 Å². The Morgan fingerprint density at radius 1 is 1.29 bits per heavy atom. The maximum Gasteiger partial charge on any atom is 0.270 e. The second-order valence-corrected chi connectivity index (χ2v) is 5.91. The van der Waals surface area contributed by atoms with Crippen molar-refractivity contribution in [1.82, 2.24) is 5.32 Å². The van der Waals surface area contributed by atoms with Gasteiger partial charge in [-0.1, -0.05) is 0 Å². The van der Waals surface area contributed by atoms with E-state index in [1.165, 1.54) is 37.8 Å². The number of nitro groups is 1. The Hall–Kier alpha value is -2.11. The fourth-order valence-electron chi connectivity index (χ4n) is 2.81. The molecule has 3 rings (SSSR count). The molecule has 0 saturated heterocycles. The van der Waals surface area contributed by atoms with Crippen LogP contribution in [0.5, 0.6) is 0 Å². The smallest absolute Gasteiger partial charge is 0.270 e. The van der Waals surface area contributed by atoms with Crippen molar-refractivity contribution in [1.29, 1.82) is 0 Å². The van der Waals surface area contributed by atoms with Crippen molar-refractivity contribution in [3.63, 3.8) is 0 Å². The number of carbonyl (C=O) groups excluding carboxylic acids is 1. The van der Waals surface area contributed by atoms with E-state index in [0.29, 0.717) is 23.1 Å². The summed E-state index contributed by atoms with van der Waals surface area (Å²) < 4.78 is 0. The monoisotopic (exact) mass is 289 g/mol. The van der Waals surface area contributed by atoms with E-state index < -0.39 is 4.92 Å². The summed E-state index contributed by atoms with van der Waals surface area (Å²) in [5, 5.41) is 16.9. The molecule has 112 valence electrons. The fraction of sp³-hybridized carbons (Fsp3) is 0.533. The number of carbonyl (C=O) groups is 1. The molecule has 2 saturated carbocycles. The van der Waals surface area contributed by atoms with Gasteiger partial charge in [0.05, 0.1) is 10.5 Å². The number of amides is 1. The maximum absolute atomic E-state index is 12.5. The minimum atomic E-state index is -0.477. The van der Waals surface area contributed by atoms with E-state index in [4.69, 9.17) is 0 Å². The van der Waals surface area contributed by atoms with Crippen molar-refractivity contribution in [2.75, 3.05) is 12.4 Å². The third kappa shape index (κ3) is 2.99. The molecular weight excluding hydrogens is 270 g/mol. The number of rotatable bonds is 6. The molecular formula is C15H19N3O3. The van der Waals surface area contributed by atoms with Gasteiger partial charge in [0.2, 0.25) is 0 Å². The van der Waals surface area contributed by atoms with Crippen LogP contribution in [-0.2, 0) is 0 Å². The summed E-state index contributed by atoms with van der Waals surface area (Å²) in [5.41, 5.74) is 0.898. The molecule has 2 fully saturated rings. The molecule has 0 atom stereocenters. The number of benzene rings is 1. The highest BCUT2D eigenvalue weighted by Crippen LogP contribution is 2.44. The number of hydrogen-bond donors (Lipinski definition) is 2. The van der Waals surface area contributed by atoms with Gasteiger partial charge >= 0.3 is 0 Å². The SMILES string of the molecule is CNc1ccc([N+](=O)[O-])cc1C(=O)NC(C1CC1)C1CC1. The predicted octanol–water partition coefficient (Wildman–Crippen LogP) is 2.55. The first-order valence-corrected chi connectivity index (χ1v) is 7.37. The fourth-order valence-corrected chi connectivity index (χ4v) is 2.81. The molecule has 0 bridgehead atoms. The summed E-state index contributed by atoms with van der Waals surface area (Å²) in [4.78, 5) is 22.9. The summed E-state index contributed by atoms with van der Waals surface area (Å²) in [7, 11) is 1.71. The molecule has 6 nitrogen and oxygen atoms in total. The predicted molar refractivity (Wildman–Crippen MR) is 79.3 cm³/mol. The zero-order chi connectivity index (χ0) is 15.0. The number of non-ortho nitro benzene ring substituents is 1. The maximum atomic E-state index is 12.5. The molecule has 0 unspecified atom stereocenters. The lowest BCUT2D eigenvalue weighted by Crippen LogP contribution is -2.38. The Morgan fingerprint density at radius 3 is 2.38 bits per heavy atom. The van der Waals surface area contributed by atoms with Crippen molar-refractivity contribution in [2.45, 2.75) is 31.7 Å². The first-order chi connectivity index (χ1) is 10.1. The molecule has 6 heteroatoms. The van der Waals surface area contributed by atoms with Crippen LogP contribution in [0.15, 0.2) is 18.2 Å². The highest BCUT2D eigenvalue weighted by Gasteiger charge is 2.42. The van der Waals surface area contributed by atoms with Crippen LogP contribution in [0, 0.1) is 22.0 Å². The molecule has 2 aliphatic carbocycles. The Labute approximate surface area is 123 Å². The third-order valence-electron chi connectivity index (χ3n) is 4.29. The van der Waals surface area contributed by atoms with Gasteiger partial charge in [-0.2, -0.15) is 0 Å². The van der Waals surface area contributed by atoms with Crippen LogP contribution in [-0.4, -0.2) is 23.9 Å². The van der Waals surface area contributed by atoms with Crippen molar-refractivity contribution >= 4 is 17.3 Å². The number of nitro benzene ring substituents is 1. The first-order valence-electron chi connectivity index (χ1n) is 7.37. The summed E-state index contributed by atoms with van der Waals surface area (Å²) in [6.07, 6.45) is 4.70. The average Bonchev–Trinajstić information content (AvgIpc) is 3.37. The molecule has 21 heavy (non-hydrogen) atoms. The minimum Gasteiger partial charge on any atom is -0.387 e. The second kappa shape index (κ2) is 5.35. The lowest BCUT2D eigenvalue weighted by molar-refractivity contribution is -0.384. The normalized spacial score (nSPS) is 17.6. The molecule has 2 N–H and O–H groups in total. The van der Waals surface area contributed by atoms with E-state index in [1.807, 2.05) is 0 Å². The third-order valence-corrected chi connectivity index (χ3v) is 4.29. The topological polar surface area (TPSA) is 84.3 Å². The Bertz CT molecular complexity index is 568. The van der Waals surface area contributed by atoms with Crippen LogP contribution in [0.1, 0.15) is 36.0 Å². The van der Waals surface area contributed by atoms with E-state index in [9.17, 15) is 14.9 Å². The largest absolute Gasteiger partial charge is 0.387 e. The zero-order valence-electron chi connectivity index (χ0n) is 12.0. The molecule has 0 spiro atoms. The van der Waals surface area contributed by atoms with Gasteiger partial charge in [0.25, 0.3) is 11.6 Å². The lowest BCUT2D eigenvalue weighted by Gasteiger charge is -2.18. The number of nitrogens with zero attached hydrogens (tertiary/aromatic N) is 1. The van der Waals surface area contributed by atoms with E-state index in [0.717, 1.165) is 0 Å². The molecule has 0 aromatic heterocycles. The highest BCUT2D eigenvalue weighted by atomic mass is 16.6. The van der Waals surface area contributed by atoms with Gasteiger partial charge in [-0.3, -0.25) is 14.9 Å². The van der Waals surface area contributed by atoms with Crippen molar-refractivity contribution in [3.8, 4) is 0 Å². The Morgan fingerprint density at radius 2 is 1.90 bits per heavy atom. The molecule has 0 aliphatic heterocycles. The van der Waals surface area contributed by atoms with E-state index in [-0.39, 0.29) is 17.6 Å². The first kappa shape index (κ1) is 13.9. The van der Waals surface area contributed by atoms with Crippen LogP contribution >= 0.6 is 0 Å². The summed E-state index contributed by atoms with van der Waals surface area (Å²) in [6, 6.07) is 4.57. The van der Waals surface area contributed by atoms with Crippen LogP contribution in [0.2, 0.25) is 0 Å². The Kier molecular flexibility index (Phi) is 3.53. The molecule has 1 amide bonds. The second-order valence-electron chi connectivity index (χ2n) is 5.91. The molecule has 0 heterocycles. The quantitative estimate of drug-likeness (QED) is 0.622. The summed E-state index contributed by atoms with van der Waals surface area (Å²) >= 11 is 0. The Balaban J connectivity index is 1.81. The average molecular weight is 289 g/mol.